The standard InChI is InChI=1S/C14H15FO4/c1-18-11-3-2-9(15)6-10(11)14(7-19-8-14)13(4-5-13)12(16)17/h2-3,6H,4-5,7-8H2,1H3,(H,16,17). The van der Waals surface area contributed by atoms with Gasteiger partial charge >= 0.3 is 5.97 Å². The van der Waals surface area contributed by atoms with E-state index in [9.17, 15) is 14.3 Å². The summed E-state index contributed by atoms with van der Waals surface area (Å²) in [5.74, 6) is -0.692. The van der Waals surface area contributed by atoms with Crippen molar-refractivity contribution in [3.63, 3.8) is 0 Å². The van der Waals surface area contributed by atoms with Gasteiger partial charge in [-0.1, -0.05) is 0 Å². The minimum Gasteiger partial charge on any atom is -0.496 e. The van der Waals surface area contributed by atoms with Crippen LogP contribution in [0.3, 0.4) is 0 Å². The average Bonchev–Trinajstić information content (AvgIpc) is 3.10. The number of carboxylic acid groups (broad SMARTS) is 1. The van der Waals surface area contributed by atoms with Gasteiger partial charge in [-0.05, 0) is 31.0 Å². The van der Waals surface area contributed by atoms with Gasteiger partial charge in [0.15, 0.2) is 0 Å². The minimum atomic E-state index is -0.831. The fraction of sp³-hybridized carbons (Fsp3) is 0.500. The van der Waals surface area contributed by atoms with E-state index in [2.05, 4.69) is 0 Å². The Morgan fingerprint density at radius 2 is 2.11 bits per heavy atom. The number of rotatable bonds is 4. The number of carbonyl (C=O) groups is 1. The summed E-state index contributed by atoms with van der Waals surface area (Å²) in [5.41, 5.74) is -0.875. The lowest BCUT2D eigenvalue weighted by Crippen LogP contribution is -2.56. The second kappa shape index (κ2) is 3.93. The lowest BCUT2D eigenvalue weighted by molar-refractivity contribution is -0.161. The minimum absolute atomic E-state index is 0.305. The molecule has 1 aliphatic carbocycles. The van der Waals surface area contributed by atoms with Crippen LogP contribution >= 0.6 is 0 Å². The Morgan fingerprint density at radius 1 is 1.42 bits per heavy atom. The maximum absolute atomic E-state index is 13.5. The number of ether oxygens (including phenoxy) is 2. The maximum atomic E-state index is 13.5. The number of hydrogen-bond acceptors (Lipinski definition) is 3. The summed E-state index contributed by atoms with van der Waals surface area (Å²) in [5, 5.41) is 9.51. The lowest BCUT2D eigenvalue weighted by Gasteiger charge is -2.47. The molecule has 19 heavy (non-hydrogen) atoms. The smallest absolute Gasteiger partial charge is 0.310 e. The normalized spacial score (nSPS) is 22.4. The second-order valence-electron chi connectivity index (χ2n) is 5.31. The molecule has 1 aromatic carbocycles. The third-order valence-corrected chi connectivity index (χ3v) is 4.45. The van der Waals surface area contributed by atoms with Crippen LogP contribution in [-0.2, 0) is 14.9 Å². The van der Waals surface area contributed by atoms with Gasteiger partial charge in [0.1, 0.15) is 11.6 Å². The highest BCUT2D eigenvalue weighted by Crippen LogP contribution is 2.63. The van der Waals surface area contributed by atoms with Crippen molar-refractivity contribution in [3.05, 3.63) is 29.6 Å². The fourth-order valence-corrected chi connectivity index (χ4v) is 3.07. The Labute approximate surface area is 110 Å². The molecule has 2 aliphatic rings. The van der Waals surface area contributed by atoms with E-state index in [0.29, 0.717) is 37.4 Å². The molecule has 0 radical (unpaired) electrons. The fourth-order valence-electron chi connectivity index (χ4n) is 3.07. The molecule has 5 heteroatoms. The van der Waals surface area contributed by atoms with Gasteiger partial charge in [-0.15, -0.1) is 0 Å². The van der Waals surface area contributed by atoms with Gasteiger partial charge < -0.3 is 14.6 Å². The van der Waals surface area contributed by atoms with Crippen molar-refractivity contribution in [2.45, 2.75) is 18.3 Å². The Morgan fingerprint density at radius 3 is 2.53 bits per heavy atom. The predicted octanol–water partition coefficient (Wildman–Crippen LogP) is 1.97. The van der Waals surface area contributed by atoms with Crippen LogP contribution in [0.1, 0.15) is 18.4 Å². The molecule has 1 N–H and O–H groups in total. The van der Waals surface area contributed by atoms with E-state index in [4.69, 9.17) is 9.47 Å². The molecule has 1 heterocycles. The number of halogens is 1. The lowest BCUT2D eigenvalue weighted by atomic mass is 9.65. The van der Waals surface area contributed by atoms with E-state index in [1.165, 1.54) is 19.2 Å². The van der Waals surface area contributed by atoms with E-state index in [-0.39, 0.29) is 5.82 Å². The summed E-state index contributed by atoms with van der Waals surface area (Å²) >= 11 is 0. The molecule has 1 saturated carbocycles. The molecule has 102 valence electrons. The van der Waals surface area contributed by atoms with Gasteiger partial charge in [-0.25, -0.2) is 4.39 Å². The van der Waals surface area contributed by atoms with Crippen LogP contribution in [-0.4, -0.2) is 31.4 Å². The van der Waals surface area contributed by atoms with Crippen molar-refractivity contribution in [2.75, 3.05) is 20.3 Å². The summed E-state index contributed by atoms with van der Waals surface area (Å²) < 4.78 is 24.1. The molecule has 4 nitrogen and oxygen atoms in total. The van der Waals surface area contributed by atoms with Gasteiger partial charge in [-0.2, -0.15) is 0 Å². The molecule has 0 aromatic heterocycles. The Bertz CT molecular complexity index is 532. The van der Waals surface area contributed by atoms with E-state index in [1.54, 1.807) is 6.07 Å². The van der Waals surface area contributed by atoms with Crippen LogP contribution < -0.4 is 4.74 Å². The molecule has 0 unspecified atom stereocenters. The summed E-state index contributed by atoms with van der Waals surface area (Å²) in [6.45, 7) is 0.609. The molecule has 2 fully saturated rings. The first kappa shape index (κ1) is 12.4. The first-order valence-corrected chi connectivity index (χ1v) is 6.21. The van der Waals surface area contributed by atoms with Gasteiger partial charge in [-0.3, -0.25) is 4.79 Å². The molecular weight excluding hydrogens is 251 g/mol. The molecule has 0 spiro atoms. The van der Waals surface area contributed by atoms with E-state index in [0.717, 1.165) is 0 Å². The van der Waals surface area contributed by atoms with Crippen LogP contribution in [0, 0.1) is 11.2 Å². The predicted molar refractivity (Wildman–Crippen MR) is 64.8 cm³/mol. The zero-order chi connectivity index (χ0) is 13.7. The number of carboxylic acids is 1. The molecule has 0 amide bonds. The third kappa shape index (κ3) is 1.51. The second-order valence-corrected chi connectivity index (χ2v) is 5.31. The highest BCUT2D eigenvalue weighted by molar-refractivity contribution is 5.81. The zero-order valence-electron chi connectivity index (χ0n) is 10.6. The molecule has 0 atom stereocenters. The first-order valence-electron chi connectivity index (χ1n) is 6.21. The summed E-state index contributed by atoms with van der Waals surface area (Å²) in [7, 11) is 1.50. The molecule has 1 saturated heterocycles. The highest BCUT2D eigenvalue weighted by atomic mass is 19.1. The van der Waals surface area contributed by atoms with E-state index in [1.807, 2.05) is 0 Å². The summed E-state index contributed by atoms with van der Waals surface area (Å²) in [6, 6.07) is 4.24. The van der Waals surface area contributed by atoms with Crippen LogP contribution in [0.15, 0.2) is 18.2 Å². The van der Waals surface area contributed by atoms with Crippen LogP contribution in [0.4, 0.5) is 4.39 Å². The van der Waals surface area contributed by atoms with Crippen molar-refractivity contribution in [3.8, 4) is 5.75 Å². The number of methoxy groups -OCH3 is 1. The monoisotopic (exact) mass is 266 g/mol. The maximum Gasteiger partial charge on any atom is 0.310 e. The molecule has 1 aromatic rings. The summed E-state index contributed by atoms with van der Waals surface area (Å²) in [4.78, 5) is 11.6. The van der Waals surface area contributed by atoms with Crippen LogP contribution in [0.25, 0.3) is 0 Å². The van der Waals surface area contributed by atoms with Crippen molar-refractivity contribution >= 4 is 5.97 Å². The molecule has 0 bridgehead atoms. The highest BCUT2D eigenvalue weighted by Gasteiger charge is 2.69. The van der Waals surface area contributed by atoms with Crippen molar-refractivity contribution < 1.29 is 23.8 Å². The SMILES string of the molecule is COc1ccc(F)cc1C1(C2(C(=O)O)CC2)COC1. The van der Waals surface area contributed by atoms with Gasteiger partial charge in [0, 0.05) is 5.56 Å². The first-order chi connectivity index (χ1) is 9.06. The van der Waals surface area contributed by atoms with Gasteiger partial charge in [0.05, 0.1) is 31.2 Å². The largest absolute Gasteiger partial charge is 0.496 e. The van der Waals surface area contributed by atoms with E-state index >= 15 is 0 Å². The number of aliphatic carboxylic acids is 1. The van der Waals surface area contributed by atoms with Crippen molar-refractivity contribution in [1.82, 2.24) is 0 Å². The molecule has 1 aliphatic heterocycles. The van der Waals surface area contributed by atoms with E-state index < -0.39 is 16.8 Å². The topological polar surface area (TPSA) is 55.8 Å². The van der Waals surface area contributed by atoms with Gasteiger partial charge in [0.2, 0.25) is 0 Å². The van der Waals surface area contributed by atoms with Crippen LogP contribution in [0.5, 0.6) is 5.75 Å². The van der Waals surface area contributed by atoms with Crippen LogP contribution in [0.2, 0.25) is 0 Å². The Kier molecular flexibility index (Phi) is 2.57. The average molecular weight is 266 g/mol. The summed E-state index contributed by atoms with van der Waals surface area (Å²) in [6.07, 6.45) is 1.21. The molecular formula is C14H15FO4. The van der Waals surface area contributed by atoms with Crippen molar-refractivity contribution in [1.29, 1.82) is 0 Å². The van der Waals surface area contributed by atoms with Crippen molar-refractivity contribution in [2.24, 2.45) is 5.41 Å². The number of hydrogen-bond donors (Lipinski definition) is 1. The third-order valence-electron chi connectivity index (χ3n) is 4.45. The zero-order valence-corrected chi connectivity index (χ0v) is 10.6. The Hall–Kier alpha value is -1.62. The Balaban J connectivity index is 2.13. The quantitative estimate of drug-likeness (QED) is 0.905. The molecule has 3 rings (SSSR count). The van der Waals surface area contributed by atoms with Gasteiger partial charge in [0.25, 0.3) is 0 Å². The number of benzene rings is 1.